The fourth-order valence-corrected chi connectivity index (χ4v) is 7.14. The van der Waals surface area contributed by atoms with Crippen molar-refractivity contribution < 1.29 is 18.0 Å². The smallest absolute Gasteiger partial charge is 0.255 e. The van der Waals surface area contributed by atoms with E-state index in [0.717, 1.165) is 24.9 Å². The first-order valence-electron chi connectivity index (χ1n) is 13.2. The largest absolute Gasteiger partial charge is 0.341 e. The van der Waals surface area contributed by atoms with Crippen LogP contribution in [-0.4, -0.2) is 56.9 Å². The van der Waals surface area contributed by atoms with Crippen molar-refractivity contribution in [2.75, 3.05) is 25.0 Å². The van der Waals surface area contributed by atoms with E-state index in [1.54, 1.807) is 36.4 Å². The molecule has 2 aliphatic heterocycles. The van der Waals surface area contributed by atoms with E-state index in [4.69, 9.17) is 0 Å². The van der Waals surface area contributed by atoms with Crippen LogP contribution in [0.1, 0.15) is 49.5 Å². The lowest BCUT2D eigenvalue weighted by Crippen LogP contribution is -2.54. The van der Waals surface area contributed by atoms with Crippen LogP contribution in [0, 0.1) is 12.8 Å². The van der Waals surface area contributed by atoms with Crippen LogP contribution in [0.3, 0.4) is 0 Å². The summed E-state index contributed by atoms with van der Waals surface area (Å²) in [6.45, 7) is 5.77. The molecule has 3 aromatic carbocycles. The summed E-state index contributed by atoms with van der Waals surface area (Å²) >= 11 is 0. The fraction of sp³-hybridized carbons (Fsp3) is 0.400. The monoisotopic (exact) mass is 550 g/mol. The number of fused-ring (bicyclic) bond motifs is 1. The second-order valence-corrected chi connectivity index (χ2v) is 12.0. The number of amides is 2. The minimum atomic E-state index is -3.86. The van der Waals surface area contributed by atoms with E-state index < -0.39 is 10.0 Å². The highest BCUT2D eigenvalue weighted by atomic mass is 32.2. The van der Waals surface area contributed by atoms with Crippen molar-refractivity contribution in [2.24, 2.45) is 5.92 Å². The molecule has 2 saturated heterocycles. The van der Waals surface area contributed by atoms with Crippen LogP contribution < -0.4 is 15.4 Å². The minimum absolute atomic E-state index is 0. The van der Waals surface area contributed by atoms with Gasteiger partial charge in [-0.1, -0.05) is 56.8 Å². The molecule has 0 bridgehead atoms. The molecule has 208 valence electrons. The van der Waals surface area contributed by atoms with E-state index in [1.807, 2.05) is 43.0 Å². The third-order valence-electron chi connectivity index (χ3n) is 7.69. The summed E-state index contributed by atoms with van der Waals surface area (Å²) in [5.74, 6) is -0.155. The number of nitrogens with one attached hydrogen (secondary N) is 3. The standard InChI is InChI=1S/C29H34N4O4S.CH4/c1-19-8-3-4-9-21(19)28(34)31-25-12-5-11-23-22(25)10-6-14-27(23)38(36,37)32-24-15-17-33(18-20(24)2)29(35)26-13-7-16-30-26;/h3-6,8-12,14,20,24,26,30,32H,7,13,15-18H2,1-2H3,(H,31,34);1H4/t20-,24+,26+;/m1./s1. The van der Waals surface area contributed by atoms with E-state index in [9.17, 15) is 18.0 Å². The van der Waals surface area contributed by atoms with Crippen molar-refractivity contribution in [1.82, 2.24) is 14.9 Å². The Morgan fingerprint density at radius 1 is 0.974 bits per heavy atom. The van der Waals surface area contributed by atoms with Crippen molar-refractivity contribution >= 4 is 38.3 Å². The predicted octanol–water partition coefficient (Wildman–Crippen LogP) is 4.30. The Morgan fingerprint density at radius 3 is 2.44 bits per heavy atom. The molecule has 0 aliphatic carbocycles. The normalized spacial score (nSPS) is 21.4. The van der Waals surface area contributed by atoms with Gasteiger partial charge in [-0.15, -0.1) is 0 Å². The van der Waals surface area contributed by atoms with Gasteiger partial charge < -0.3 is 15.5 Å². The van der Waals surface area contributed by atoms with Gasteiger partial charge in [0.2, 0.25) is 15.9 Å². The molecule has 0 aromatic heterocycles. The number of piperidine rings is 1. The van der Waals surface area contributed by atoms with E-state index >= 15 is 0 Å². The molecule has 2 amide bonds. The van der Waals surface area contributed by atoms with Crippen LogP contribution in [0.5, 0.6) is 0 Å². The van der Waals surface area contributed by atoms with Gasteiger partial charge in [0.25, 0.3) is 5.91 Å². The Balaban J connectivity index is 0.00000353. The van der Waals surface area contributed by atoms with E-state index in [1.165, 1.54) is 0 Å². The zero-order chi connectivity index (χ0) is 26.9. The second kappa shape index (κ2) is 11.9. The topological polar surface area (TPSA) is 108 Å². The molecule has 2 fully saturated rings. The molecule has 39 heavy (non-hydrogen) atoms. The van der Waals surface area contributed by atoms with Crippen molar-refractivity contribution in [3.05, 3.63) is 71.8 Å². The highest BCUT2D eigenvalue weighted by Gasteiger charge is 2.35. The lowest BCUT2D eigenvalue weighted by Gasteiger charge is -2.38. The van der Waals surface area contributed by atoms with Gasteiger partial charge in [0.15, 0.2) is 0 Å². The molecular weight excluding hydrogens is 512 g/mol. The van der Waals surface area contributed by atoms with E-state index in [0.29, 0.717) is 41.5 Å². The lowest BCUT2D eigenvalue weighted by atomic mass is 9.94. The Morgan fingerprint density at radius 2 is 1.72 bits per heavy atom. The van der Waals surface area contributed by atoms with Crippen LogP contribution in [-0.2, 0) is 14.8 Å². The first-order chi connectivity index (χ1) is 18.2. The maximum Gasteiger partial charge on any atom is 0.255 e. The quantitative estimate of drug-likeness (QED) is 0.424. The number of anilines is 1. The number of rotatable bonds is 6. The van der Waals surface area contributed by atoms with Gasteiger partial charge in [-0.3, -0.25) is 9.59 Å². The van der Waals surface area contributed by atoms with Crippen LogP contribution in [0.25, 0.3) is 10.8 Å². The number of hydrogen-bond acceptors (Lipinski definition) is 5. The highest BCUT2D eigenvalue weighted by Crippen LogP contribution is 2.30. The number of hydrogen-bond donors (Lipinski definition) is 3. The predicted molar refractivity (Wildman–Crippen MR) is 155 cm³/mol. The van der Waals surface area contributed by atoms with Gasteiger partial charge in [0.05, 0.1) is 10.9 Å². The summed E-state index contributed by atoms with van der Waals surface area (Å²) in [4.78, 5) is 27.8. The van der Waals surface area contributed by atoms with Crippen LogP contribution in [0.2, 0.25) is 0 Å². The number of benzene rings is 3. The average molecular weight is 551 g/mol. The molecule has 0 radical (unpaired) electrons. The Hall–Kier alpha value is -3.27. The first kappa shape index (κ1) is 28.7. The molecule has 2 aliphatic rings. The van der Waals surface area contributed by atoms with Crippen molar-refractivity contribution in [3.8, 4) is 0 Å². The second-order valence-electron chi connectivity index (χ2n) is 10.4. The average Bonchev–Trinajstić information content (AvgIpc) is 3.44. The number of carbonyl (C=O) groups excluding carboxylic acids is 2. The maximum atomic E-state index is 13.6. The summed E-state index contributed by atoms with van der Waals surface area (Å²) in [5, 5.41) is 7.39. The fourth-order valence-electron chi connectivity index (χ4n) is 5.54. The summed E-state index contributed by atoms with van der Waals surface area (Å²) in [5.41, 5.74) is 1.98. The van der Waals surface area contributed by atoms with Gasteiger partial charge in [-0.05, 0) is 62.4 Å². The van der Waals surface area contributed by atoms with Gasteiger partial charge in [-0.2, -0.15) is 0 Å². The molecule has 8 nitrogen and oxygen atoms in total. The molecule has 3 N–H and O–H groups in total. The van der Waals surface area contributed by atoms with Crippen molar-refractivity contribution in [2.45, 2.75) is 57.5 Å². The lowest BCUT2D eigenvalue weighted by molar-refractivity contribution is -0.135. The molecule has 0 spiro atoms. The third kappa shape index (κ3) is 6.00. The molecular formula is C30H38N4O4S. The molecule has 0 saturated carbocycles. The third-order valence-corrected chi connectivity index (χ3v) is 9.24. The van der Waals surface area contributed by atoms with E-state index in [-0.39, 0.29) is 42.1 Å². The Bertz CT molecular complexity index is 1470. The van der Waals surface area contributed by atoms with Crippen LogP contribution in [0.4, 0.5) is 5.69 Å². The summed E-state index contributed by atoms with van der Waals surface area (Å²) in [6, 6.07) is 17.3. The number of sulfonamides is 1. The van der Waals surface area contributed by atoms with Gasteiger partial charge >= 0.3 is 0 Å². The first-order valence-corrected chi connectivity index (χ1v) is 14.7. The van der Waals surface area contributed by atoms with Gasteiger partial charge in [0.1, 0.15) is 0 Å². The SMILES string of the molecule is C.Cc1ccccc1C(=O)Nc1cccc2c(S(=O)(=O)N[C@H]3CCN(C(=O)[C@@H]4CCCN4)C[C@H]3C)cccc12. The number of likely N-dealkylation sites (tertiary alicyclic amines) is 1. The molecule has 3 atom stereocenters. The number of nitrogens with zero attached hydrogens (tertiary/aromatic N) is 1. The summed E-state index contributed by atoms with van der Waals surface area (Å²) in [6.07, 6.45) is 2.42. The molecule has 3 aromatic rings. The number of carbonyl (C=O) groups is 2. The Labute approximate surface area is 231 Å². The van der Waals surface area contributed by atoms with Crippen molar-refractivity contribution in [1.29, 1.82) is 0 Å². The molecule has 0 unspecified atom stereocenters. The minimum Gasteiger partial charge on any atom is -0.341 e. The molecule has 9 heteroatoms. The van der Waals surface area contributed by atoms with E-state index in [2.05, 4.69) is 15.4 Å². The van der Waals surface area contributed by atoms with Gasteiger partial charge in [0, 0.05) is 41.2 Å². The van der Waals surface area contributed by atoms with Crippen LogP contribution in [0.15, 0.2) is 65.6 Å². The zero-order valence-corrected chi connectivity index (χ0v) is 22.6. The Kier molecular flexibility index (Phi) is 8.73. The zero-order valence-electron chi connectivity index (χ0n) is 21.7. The van der Waals surface area contributed by atoms with Crippen molar-refractivity contribution in [3.63, 3.8) is 0 Å². The summed E-state index contributed by atoms with van der Waals surface area (Å²) < 4.78 is 30.1. The molecule has 2 heterocycles. The molecule has 5 rings (SSSR count). The van der Waals surface area contributed by atoms with Crippen LogP contribution >= 0.6 is 0 Å². The number of aryl methyl sites for hydroxylation is 1. The van der Waals surface area contributed by atoms with Gasteiger partial charge in [-0.25, -0.2) is 13.1 Å². The summed E-state index contributed by atoms with van der Waals surface area (Å²) in [7, 11) is -3.86. The highest BCUT2D eigenvalue weighted by molar-refractivity contribution is 7.89. The maximum absolute atomic E-state index is 13.6.